The van der Waals surface area contributed by atoms with Gasteiger partial charge in [-0.15, -0.1) is 21.5 Å². The molecule has 0 bridgehead atoms. The SMILES string of the molecule is C[C@@H](OC(=O)Cn1nnc(-c2cccs2)n1)C(=O)c1c[nH]c2ccccc12. The Morgan fingerprint density at radius 1 is 1.26 bits per heavy atom. The number of aromatic amines is 1. The molecule has 4 rings (SSSR count). The molecule has 136 valence electrons. The van der Waals surface area contributed by atoms with Crippen molar-refractivity contribution >= 4 is 34.0 Å². The van der Waals surface area contributed by atoms with Crippen LogP contribution in [0.2, 0.25) is 0 Å². The third kappa shape index (κ3) is 3.49. The average Bonchev–Trinajstić information content (AvgIpc) is 3.40. The summed E-state index contributed by atoms with van der Waals surface area (Å²) >= 11 is 1.48. The monoisotopic (exact) mass is 381 g/mol. The summed E-state index contributed by atoms with van der Waals surface area (Å²) in [5.41, 5.74) is 1.34. The molecule has 9 heteroatoms. The van der Waals surface area contributed by atoms with Gasteiger partial charge in [0, 0.05) is 22.7 Å². The maximum Gasteiger partial charge on any atom is 0.330 e. The second kappa shape index (κ2) is 7.12. The molecule has 8 nitrogen and oxygen atoms in total. The van der Waals surface area contributed by atoms with Gasteiger partial charge < -0.3 is 9.72 Å². The van der Waals surface area contributed by atoms with Crippen LogP contribution in [0.1, 0.15) is 17.3 Å². The number of carbonyl (C=O) groups excluding carboxylic acids is 2. The number of aromatic nitrogens is 5. The van der Waals surface area contributed by atoms with Crippen molar-refractivity contribution < 1.29 is 14.3 Å². The standard InChI is InChI=1S/C18H15N5O3S/c1-11(17(25)13-9-19-14-6-3-2-5-12(13)14)26-16(24)10-23-21-18(20-22-23)15-7-4-8-27-15/h2-9,11,19H,10H2,1H3/t11-/m1/s1. The summed E-state index contributed by atoms with van der Waals surface area (Å²) in [6.45, 7) is 1.33. The van der Waals surface area contributed by atoms with Crippen LogP contribution in [0.15, 0.2) is 48.0 Å². The Morgan fingerprint density at radius 2 is 2.11 bits per heavy atom. The first-order valence-electron chi connectivity index (χ1n) is 8.23. The predicted molar refractivity (Wildman–Crippen MR) is 99.3 cm³/mol. The Morgan fingerprint density at radius 3 is 2.93 bits per heavy atom. The zero-order valence-electron chi connectivity index (χ0n) is 14.3. The number of thiophene rings is 1. The largest absolute Gasteiger partial charge is 0.453 e. The van der Waals surface area contributed by atoms with Crippen LogP contribution in [-0.4, -0.2) is 43.0 Å². The topological polar surface area (TPSA) is 103 Å². The number of fused-ring (bicyclic) bond motifs is 1. The van der Waals surface area contributed by atoms with Crippen LogP contribution in [0.5, 0.6) is 0 Å². The summed E-state index contributed by atoms with van der Waals surface area (Å²) < 4.78 is 5.26. The summed E-state index contributed by atoms with van der Waals surface area (Å²) in [6, 6.07) is 11.2. The Hall–Kier alpha value is -3.33. The minimum absolute atomic E-state index is 0.218. The van der Waals surface area contributed by atoms with E-state index < -0.39 is 12.1 Å². The van der Waals surface area contributed by atoms with Crippen LogP contribution < -0.4 is 0 Å². The quantitative estimate of drug-likeness (QED) is 0.407. The molecule has 0 aliphatic carbocycles. The number of nitrogens with one attached hydrogen (secondary N) is 1. The molecule has 0 saturated heterocycles. The maximum atomic E-state index is 12.6. The molecule has 0 fully saturated rings. The van der Waals surface area contributed by atoms with Gasteiger partial charge in [-0.25, -0.2) is 4.79 Å². The molecule has 3 heterocycles. The zero-order chi connectivity index (χ0) is 18.8. The number of para-hydroxylation sites is 1. The van der Waals surface area contributed by atoms with Crippen molar-refractivity contribution in [2.45, 2.75) is 19.6 Å². The highest BCUT2D eigenvalue weighted by Crippen LogP contribution is 2.21. The summed E-state index contributed by atoms with van der Waals surface area (Å²) in [5, 5.41) is 14.6. The first-order chi connectivity index (χ1) is 13.1. The molecule has 1 aromatic carbocycles. The van der Waals surface area contributed by atoms with E-state index in [4.69, 9.17) is 4.74 Å². The molecular formula is C18H15N5O3S. The molecule has 0 amide bonds. The van der Waals surface area contributed by atoms with Crippen LogP contribution in [0.25, 0.3) is 21.6 Å². The van der Waals surface area contributed by atoms with E-state index in [1.165, 1.54) is 11.3 Å². The number of ketones is 1. The zero-order valence-corrected chi connectivity index (χ0v) is 15.1. The van der Waals surface area contributed by atoms with Crippen LogP contribution in [0, 0.1) is 0 Å². The molecule has 1 N–H and O–H groups in total. The number of rotatable bonds is 6. The Labute approximate surface area is 157 Å². The fourth-order valence-electron chi connectivity index (χ4n) is 2.71. The number of Topliss-reactive ketones (excluding diaryl/α,β-unsaturated/α-hetero) is 1. The van der Waals surface area contributed by atoms with E-state index in [0.29, 0.717) is 11.4 Å². The number of carbonyl (C=O) groups is 2. The van der Waals surface area contributed by atoms with Crippen molar-refractivity contribution in [1.82, 2.24) is 25.2 Å². The number of H-pyrrole nitrogens is 1. The van der Waals surface area contributed by atoms with Crippen molar-refractivity contribution in [3.05, 3.63) is 53.5 Å². The van der Waals surface area contributed by atoms with Gasteiger partial charge in [-0.1, -0.05) is 24.3 Å². The lowest BCUT2D eigenvalue weighted by Gasteiger charge is -2.11. The number of ether oxygens (including phenoxy) is 1. The fourth-order valence-corrected chi connectivity index (χ4v) is 3.36. The van der Waals surface area contributed by atoms with Gasteiger partial charge in [-0.2, -0.15) is 4.80 Å². The van der Waals surface area contributed by atoms with E-state index in [2.05, 4.69) is 20.4 Å². The van der Waals surface area contributed by atoms with Crippen molar-refractivity contribution in [2.24, 2.45) is 0 Å². The second-order valence-electron chi connectivity index (χ2n) is 5.87. The predicted octanol–water partition coefficient (Wildman–Crippen LogP) is 2.70. The number of hydrogen-bond donors (Lipinski definition) is 1. The molecule has 0 spiro atoms. The van der Waals surface area contributed by atoms with E-state index in [-0.39, 0.29) is 12.3 Å². The number of esters is 1. The van der Waals surface area contributed by atoms with Gasteiger partial charge in [0.2, 0.25) is 11.6 Å². The number of tetrazole rings is 1. The highest BCUT2D eigenvalue weighted by molar-refractivity contribution is 7.13. The lowest BCUT2D eigenvalue weighted by molar-refractivity contribution is -0.147. The third-order valence-electron chi connectivity index (χ3n) is 4.00. The van der Waals surface area contributed by atoms with E-state index in [9.17, 15) is 9.59 Å². The molecule has 0 aliphatic rings. The van der Waals surface area contributed by atoms with Crippen molar-refractivity contribution in [3.63, 3.8) is 0 Å². The Kier molecular flexibility index (Phi) is 4.51. The van der Waals surface area contributed by atoms with E-state index in [1.807, 2.05) is 41.8 Å². The smallest absolute Gasteiger partial charge is 0.330 e. The molecule has 3 aromatic heterocycles. The molecule has 0 radical (unpaired) electrons. The molecular weight excluding hydrogens is 366 g/mol. The fraction of sp³-hybridized carbons (Fsp3) is 0.167. The Bertz CT molecular complexity index is 1100. The molecule has 4 aromatic rings. The first kappa shape index (κ1) is 17.1. The average molecular weight is 381 g/mol. The van der Waals surface area contributed by atoms with Gasteiger partial charge in [-0.05, 0) is 29.6 Å². The van der Waals surface area contributed by atoms with Crippen molar-refractivity contribution in [1.29, 1.82) is 0 Å². The molecule has 0 saturated carbocycles. The number of hydrogen-bond acceptors (Lipinski definition) is 7. The van der Waals surface area contributed by atoms with Gasteiger partial charge in [-0.3, -0.25) is 4.79 Å². The second-order valence-corrected chi connectivity index (χ2v) is 6.81. The lowest BCUT2D eigenvalue weighted by Crippen LogP contribution is -2.27. The van der Waals surface area contributed by atoms with E-state index >= 15 is 0 Å². The van der Waals surface area contributed by atoms with Crippen molar-refractivity contribution in [3.8, 4) is 10.7 Å². The van der Waals surface area contributed by atoms with Crippen molar-refractivity contribution in [2.75, 3.05) is 0 Å². The number of nitrogens with zero attached hydrogens (tertiary/aromatic N) is 4. The summed E-state index contributed by atoms with van der Waals surface area (Å²) in [7, 11) is 0. The minimum Gasteiger partial charge on any atom is -0.453 e. The first-order valence-corrected chi connectivity index (χ1v) is 9.11. The lowest BCUT2D eigenvalue weighted by atomic mass is 10.1. The highest BCUT2D eigenvalue weighted by atomic mass is 32.1. The maximum absolute atomic E-state index is 12.6. The van der Waals surface area contributed by atoms with Crippen LogP contribution in [-0.2, 0) is 16.1 Å². The van der Waals surface area contributed by atoms with Gasteiger partial charge in [0.15, 0.2) is 12.6 Å². The molecule has 27 heavy (non-hydrogen) atoms. The Balaban J connectivity index is 1.41. The number of benzene rings is 1. The van der Waals surface area contributed by atoms with Gasteiger partial charge >= 0.3 is 5.97 Å². The van der Waals surface area contributed by atoms with Gasteiger partial charge in [0.05, 0.1) is 4.88 Å². The van der Waals surface area contributed by atoms with Gasteiger partial charge in [0.1, 0.15) is 0 Å². The summed E-state index contributed by atoms with van der Waals surface area (Å²) in [5.74, 6) is -0.432. The highest BCUT2D eigenvalue weighted by Gasteiger charge is 2.23. The third-order valence-corrected chi connectivity index (χ3v) is 4.86. The van der Waals surface area contributed by atoms with E-state index in [1.54, 1.807) is 13.1 Å². The van der Waals surface area contributed by atoms with E-state index in [0.717, 1.165) is 20.6 Å². The molecule has 1 atom stereocenters. The van der Waals surface area contributed by atoms with Gasteiger partial charge in [0.25, 0.3) is 0 Å². The normalized spacial score (nSPS) is 12.2. The minimum atomic E-state index is -0.919. The molecule has 0 unspecified atom stereocenters. The molecule has 0 aliphatic heterocycles. The summed E-state index contributed by atoms with van der Waals surface area (Å²) in [4.78, 5) is 29.8. The van der Waals surface area contributed by atoms with Crippen LogP contribution >= 0.6 is 11.3 Å². The van der Waals surface area contributed by atoms with Crippen LogP contribution in [0.3, 0.4) is 0 Å². The van der Waals surface area contributed by atoms with Crippen LogP contribution in [0.4, 0.5) is 0 Å². The summed E-state index contributed by atoms with van der Waals surface area (Å²) in [6.07, 6.45) is 0.709.